The number of benzene rings is 1. The van der Waals surface area contributed by atoms with E-state index >= 15 is 4.39 Å². The van der Waals surface area contributed by atoms with Gasteiger partial charge in [0.15, 0.2) is 0 Å². The summed E-state index contributed by atoms with van der Waals surface area (Å²) in [6.07, 6.45) is -0.170. The minimum absolute atomic E-state index is 0.0477. The van der Waals surface area contributed by atoms with Gasteiger partial charge in [-0.1, -0.05) is 34.1 Å². The third kappa shape index (κ3) is 6.04. The lowest BCUT2D eigenvalue weighted by molar-refractivity contribution is -0.274. The number of hydrogen-bond donors (Lipinski definition) is 3. The van der Waals surface area contributed by atoms with E-state index in [1.807, 2.05) is 6.92 Å². The van der Waals surface area contributed by atoms with Crippen molar-refractivity contribution >= 4 is 10.0 Å². The molecule has 1 aromatic rings. The number of aliphatic hydroxyl groups is 2. The highest BCUT2D eigenvalue weighted by Crippen LogP contribution is 2.69. The second-order valence-electron chi connectivity index (χ2n) is 14.7. The van der Waals surface area contributed by atoms with Crippen LogP contribution in [0.25, 0.3) is 0 Å². The van der Waals surface area contributed by atoms with E-state index < -0.39 is 40.5 Å². The highest BCUT2D eigenvalue weighted by molar-refractivity contribution is 7.89. The number of ether oxygens (including phenoxy) is 1. The Morgan fingerprint density at radius 3 is 2.30 bits per heavy atom. The molecule has 0 aromatic heterocycles. The van der Waals surface area contributed by atoms with Gasteiger partial charge in [-0.2, -0.15) is 0 Å². The van der Waals surface area contributed by atoms with Crippen LogP contribution >= 0.6 is 0 Å². The molecule has 250 valence electrons. The number of sulfonamides is 1. The minimum atomic E-state index is -4.85. The molecule has 12 atom stereocenters. The summed E-state index contributed by atoms with van der Waals surface area (Å²) in [7, 11) is -3.88. The van der Waals surface area contributed by atoms with Gasteiger partial charge in [-0.25, -0.2) is 17.5 Å². The maximum atomic E-state index is 15.6. The van der Waals surface area contributed by atoms with Gasteiger partial charge in [0.25, 0.3) is 0 Å². The Labute approximate surface area is 259 Å². The van der Waals surface area contributed by atoms with Crippen molar-refractivity contribution in [2.75, 3.05) is 6.54 Å². The molecule has 0 bridgehead atoms. The van der Waals surface area contributed by atoms with E-state index in [0.29, 0.717) is 37.0 Å². The highest BCUT2D eigenvalue weighted by atomic mass is 32.2. The predicted molar refractivity (Wildman–Crippen MR) is 159 cm³/mol. The van der Waals surface area contributed by atoms with Crippen molar-refractivity contribution in [1.82, 2.24) is 4.72 Å². The first-order valence-corrected chi connectivity index (χ1v) is 17.9. The Kier molecular flexibility index (Phi) is 9.49. The first kappa shape index (κ1) is 33.9. The largest absolute Gasteiger partial charge is 0.573 e. The Hall–Kier alpha value is -1.43. The summed E-state index contributed by atoms with van der Waals surface area (Å²) >= 11 is 0. The highest BCUT2D eigenvalue weighted by Gasteiger charge is 2.66. The monoisotopic (exact) mass is 647 g/mol. The van der Waals surface area contributed by atoms with Crippen molar-refractivity contribution in [2.45, 2.75) is 115 Å². The van der Waals surface area contributed by atoms with Crippen LogP contribution in [-0.2, 0) is 10.0 Å². The van der Waals surface area contributed by atoms with Crippen molar-refractivity contribution in [1.29, 1.82) is 0 Å². The lowest BCUT2D eigenvalue weighted by atomic mass is 9.41. The predicted octanol–water partition coefficient (Wildman–Crippen LogP) is 6.85. The van der Waals surface area contributed by atoms with E-state index in [4.69, 9.17) is 0 Å². The fraction of sp³-hybridized carbons (Fsp3) is 0.818. The molecule has 4 aliphatic carbocycles. The zero-order valence-electron chi connectivity index (χ0n) is 26.2. The molecule has 0 saturated heterocycles. The van der Waals surface area contributed by atoms with E-state index in [0.717, 1.165) is 62.8 Å². The van der Waals surface area contributed by atoms with E-state index in [1.165, 1.54) is 0 Å². The molecule has 5 rings (SSSR count). The van der Waals surface area contributed by atoms with Crippen molar-refractivity contribution < 1.29 is 40.9 Å². The van der Waals surface area contributed by atoms with Crippen molar-refractivity contribution in [3.05, 3.63) is 24.3 Å². The SMILES string of the molecule is CC[C@H]1[C@@H](O)[C@@H]2[C@H](CC[C@]3(C)[C@@H](C(C)CCCNS(=O)(=O)c4ccc(OC(F)(F)F)cc4)CC[C@@H]23)[C@@]2(C)CC[C@@H](O)[C@H](F)[C@@H]12. The summed E-state index contributed by atoms with van der Waals surface area (Å²) in [5.41, 5.74) is -0.177. The number of rotatable bonds is 9. The normalized spacial score (nSPS) is 41.4. The van der Waals surface area contributed by atoms with Gasteiger partial charge in [0.1, 0.15) is 11.9 Å². The number of nitrogens with one attached hydrogen (secondary N) is 1. The molecule has 0 radical (unpaired) electrons. The topological polar surface area (TPSA) is 95.9 Å². The van der Waals surface area contributed by atoms with Crippen LogP contribution in [0.3, 0.4) is 0 Å². The Morgan fingerprint density at radius 2 is 1.66 bits per heavy atom. The Bertz CT molecular complexity index is 1260. The van der Waals surface area contributed by atoms with Gasteiger partial charge in [-0.3, -0.25) is 0 Å². The van der Waals surface area contributed by atoms with Gasteiger partial charge in [-0.15, -0.1) is 13.2 Å². The molecule has 1 aromatic carbocycles. The van der Waals surface area contributed by atoms with Crippen LogP contribution in [0.15, 0.2) is 29.2 Å². The maximum absolute atomic E-state index is 15.6. The van der Waals surface area contributed by atoms with Crippen LogP contribution in [0.2, 0.25) is 0 Å². The molecule has 44 heavy (non-hydrogen) atoms. The van der Waals surface area contributed by atoms with Gasteiger partial charge in [0.2, 0.25) is 10.0 Å². The quantitative estimate of drug-likeness (QED) is 0.201. The maximum Gasteiger partial charge on any atom is 0.573 e. The fourth-order valence-corrected chi connectivity index (χ4v) is 11.8. The molecule has 0 aliphatic heterocycles. The summed E-state index contributed by atoms with van der Waals surface area (Å²) in [5, 5.41) is 22.3. The number of alkyl halides is 4. The Morgan fingerprint density at radius 1 is 1.02 bits per heavy atom. The minimum Gasteiger partial charge on any atom is -0.406 e. The van der Waals surface area contributed by atoms with E-state index in [1.54, 1.807) is 0 Å². The third-order valence-corrected chi connectivity index (χ3v) is 14.1. The summed E-state index contributed by atoms with van der Waals surface area (Å²) in [4.78, 5) is -0.123. The summed E-state index contributed by atoms with van der Waals surface area (Å²) in [6.45, 7) is 9.10. The number of halogens is 4. The zero-order chi connectivity index (χ0) is 32.2. The number of hydrogen-bond acceptors (Lipinski definition) is 5. The van der Waals surface area contributed by atoms with Crippen LogP contribution in [0, 0.1) is 52.3 Å². The first-order chi connectivity index (χ1) is 20.5. The van der Waals surface area contributed by atoms with Crippen molar-refractivity contribution in [2.24, 2.45) is 52.3 Å². The third-order valence-electron chi connectivity index (χ3n) is 12.7. The smallest absolute Gasteiger partial charge is 0.406 e. The average molecular weight is 648 g/mol. The molecule has 4 saturated carbocycles. The molecule has 0 amide bonds. The molecular weight excluding hydrogens is 598 g/mol. The molecule has 6 nitrogen and oxygen atoms in total. The second-order valence-corrected chi connectivity index (χ2v) is 16.5. The van der Waals surface area contributed by atoms with Crippen molar-refractivity contribution in [3.8, 4) is 5.75 Å². The lowest BCUT2D eigenvalue weighted by Gasteiger charge is -2.65. The lowest BCUT2D eigenvalue weighted by Crippen LogP contribution is -2.65. The van der Waals surface area contributed by atoms with Crippen LogP contribution < -0.4 is 9.46 Å². The molecular formula is C33H49F4NO5S. The van der Waals surface area contributed by atoms with Crippen molar-refractivity contribution in [3.63, 3.8) is 0 Å². The van der Waals surface area contributed by atoms with Gasteiger partial charge < -0.3 is 14.9 Å². The van der Waals surface area contributed by atoms with Gasteiger partial charge in [0.05, 0.1) is 17.1 Å². The van der Waals surface area contributed by atoms with Crippen LogP contribution in [0.1, 0.15) is 85.5 Å². The molecule has 3 N–H and O–H groups in total. The molecule has 11 heteroatoms. The van der Waals surface area contributed by atoms with Gasteiger partial charge in [0, 0.05) is 12.5 Å². The summed E-state index contributed by atoms with van der Waals surface area (Å²) in [5.74, 6) is 0.539. The summed E-state index contributed by atoms with van der Waals surface area (Å²) < 4.78 is 84.6. The standard InChI is InChI=1S/C33H49F4NO5S/c1-5-22-28-29(34)26(39)15-17-32(28,4)25-14-16-31(3)23(12-13-24(31)27(25)30(22)40)19(2)7-6-18-38-44(41,42)21-10-8-20(9-11-21)43-33(35,36)37/h8-11,19,22-30,38-40H,5-7,12-18H2,1-4H3/t19?,22-,23-,24+,25+,26-,27+,28-,29+,30-,31-,32-/m1/s1. The molecule has 4 aliphatic rings. The molecule has 0 heterocycles. The number of aliphatic hydroxyl groups excluding tert-OH is 2. The van der Waals surface area contributed by atoms with Crippen LogP contribution in [0.4, 0.5) is 17.6 Å². The van der Waals surface area contributed by atoms with Gasteiger partial charge in [-0.05, 0) is 122 Å². The number of fused-ring (bicyclic) bond motifs is 5. The molecule has 0 spiro atoms. The average Bonchev–Trinajstić information content (AvgIpc) is 3.31. The van der Waals surface area contributed by atoms with E-state index in [9.17, 15) is 31.8 Å². The van der Waals surface area contributed by atoms with Gasteiger partial charge >= 0.3 is 6.36 Å². The molecule has 4 fully saturated rings. The van der Waals surface area contributed by atoms with E-state index in [-0.39, 0.29) is 45.9 Å². The van der Waals surface area contributed by atoms with Crippen LogP contribution in [0.5, 0.6) is 5.75 Å². The second kappa shape index (κ2) is 12.3. The molecule has 1 unspecified atom stereocenters. The fourth-order valence-electron chi connectivity index (χ4n) is 10.7. The van der Waals surface area contributed by atoms with Crippen LogP contribution in [-0.4, -0.2) is 49.9 Å². The summed E-state index contributed by atoms with van der Waals surface area (Å²) in [6, 6.07) is 4.15. The Balaban J connectivity index is 1.21. The first-order valence-electron chi connectivity index (χ1n) is 16.4. The zero-order valence-corrected chi connectivity index (χ0v) is 27.0. The van der Waals surface area contributed by atoms with E-state index in [2.05, 4.69) is 30.2 Å².